The molecule has 2 saturated heterocycles. The van der Waals surface area contributed by atoms with Crippen molar-refractivity contribution in [2.75, 3.05) is 4.90 Å². The molecule has 0 radical (unpaired) electrons. The fraction of sp³-hybridized carbons (Fsp3) is 0.154. The Morgan fingerprint density at radius 3 is 2.24 bits per heavy atom. The van der Waals surface area contributed by atoms with E-state index in [1.807, 2.05) is 30.3 Å². The summed E-state index contributed by atoms with van der Waals surface area (Å²) in [6, 6.07) is 22.3. The van der Waals surface area contributed by atoms with Gasteiger partial charge in [-0.15, -0.1) is 0 Å². The van der Waals surface area contributed by atoms with E-state index in [0.29, 0.717) is 11.3 Å². The van der Waals surface area contributed by atoms with Crippen LogP contribution in [0.3, 0.4) is 0 Å². The third-order valence-electron chi connectivity index (χ3n) is 6.70. The molecule has 6 nitrogen and oxygen atoms in total. The molecule has 162 valence electrons. The molecule has 3 aliphatic rings. The van der Waals surface area contributed by atoms with Crippen LogP contribution in [0.25, 0.3) is 0 Å². The van der Waals surface area contributed by atoms with E-state index in [2.05, 4.69) is 21.0 Å². The van der Waals surface area contributed by atoms with E-state index < -0.39 is 23.9 Å². The lowest BCUT2D eigenvalue weighted by molar-refractivity contribution is -0.124. The number of benzene rings is 3. The summed E-state index contributed by atoms with van der Waals surface area (Å²) in [7, 11) is 0. The van der Waals surface area contributed by atoms with Crippen molar-refractivity contribution in [1.29, 1.82) is 0 Å². The molecule has 0 saturated carbocycles. The van der Waals surface area contributed by atoms with Crippen LogP contribution in [0.4, 0.5) is 5.69 Å². The SMILES string of the molecule is O=C(c1ccccc1)[C@@H]1[C@@H]2C(=O)N(c3ccc(Br)cc3)C(=O)[C@@H]2[C@@H]2c3ccccc3C=NN12. The molecule has 2 fully saturated rings. The number of imide groups is 1. The maximum Gasteiger partial charge on any atom is 0.240 e. The van der Waals surface area contributed by atoms with Gasteiger partial charge in [-0.25, -0.2) is 4.90 Å². The Morgan fingerprint density at radius 1 is 0.818 bits per heavy atom. The van der Waals surface area contributed by atoms with Gasteiger partial charge in [-0.3, -0.25) is 19.4 Å². The zero-order valence-corrected chi connectivity index (χ0v) is 18.9. The van der Waals surface area contributed by atoms with Crippen LogP contribution in [0.15, 0.2) is 88.4 Å². The van der Waals surface area contributed by atoms with E-state index in [4.69, 9.17) is 0 Å². The number of hydrazone groups is 1. The van der Waals surface area contributed by atoms with Crippen molar-refractivity contribution in [3.8, 4) is 0 Å². The van der Waals surface area contributed by atoms with Gasteiger partial charge in [-0.2, -0.15) is 5.10 Å². The molecule has 0 N–H and O–H groups in total. The van der Waals surface area contributed by atoms with Crippen molar-refractivity contribution < 1.29 is 14.4 Å². The van der Waals surface area contributed by atoms with Crippen molar-refractivity contribution >= 4 is 45.4 Å². The maximum absolute atomic E-state index is 13.8. The Bertz CT molecular complexity index is 1320. The van der Waals surface area contributed by atoms with Gasteiger partial charge in [0.05, 0.1) is 29.8 Å². The zero-order valence-electron chi connectivity index (χ0n) is 17.3. The van der Waals surface area contributed by atoms with Crippen LogP contribution in [0.2, 0.25) is 0 Å². The number of Topliss-reactive ketones (excluding diaryl/α,β-unsaturated/α-hetero) is 1. The lowest BCUT2D eigenvalue weighted by Gasteiger charge is -2.33. The van der Waals surface area contributed by atoms with E-state index in [0.717, 1.165) is 15.6 Å². The minimum absolute atomic E-state index is 0.205. The lowest BCUT2D eigenvalue weighted by Crippen LogP contribution is -2.44. The first-order valence-electron chi connectivity index (χ1n) is 10.7. The van der Waals surface area contributed by atoms with Gasteiger partial charge in [0, 0.05) is 10.0 Å². The number of ketones is 1. The molecule has 4 atom stereocenters. The van der Waals surface area contributed by atoms with Crippen LogP contribution in [-0.2, 0) is 9.59 Å². The number of anilines is 1. The number of amides is 2. The molecular weight excluding hydrogens is 482 g/mol. The number of carbonyl (C=O) groups is 3. The monoisotopic (exact) mass is 499 g/mol. The second-order valence-corrected chi connectivity index (χ2v) is 9.33. The zero-order chi connectivity index (χ0) is 22.7. The number of rotatable bonds is 3. The number of nitrogens with zero attached hydrogens (tertiary/aromatic N) is 3. The van der Waals surface area contributed by atoms with Gasteiger partial charge < -0.3 is 0 Å². The molecule has 33 heavy (non-hydrogen) atoms. The number of hydrogen-bond donors (Lipinski definition) is 0. The highest BCUT2D eigenvalue weighted by molar-refractivity contribution is 9.10. The van der Waals surface area contributed by atoms with Crippen LogP contribution in [0.1, 0.15) is 27.5 Å². The summed E-state index contributed by atoms with van der Waals surface area (Å²) in [6.45, 7) is 0. The van der Waals surface area contributed by atoms with E-state index in [1.54, 1.807) is 59.8 Å². The first-order valence-corrected chi connectivity index (χ1v) is 11.5. The summed E-state index contributed by atoms with van der Waals surface area (Å²) in [5.74, 6) is -2.37. The van der Waals surface area contributed by atoms with Gasteiger partial charge in [0.1, 0.15) is 6.04 Å². The van der Waals surface area contributed by atoms with Crippen LogP contribution in [-0.4, -0.2) is 34.9 Å². The van der Waals surface area contributed by atoms with Gasteiger partial charge in [0.25, 0.3) is 0 Å². The molecule has 3 aromatic carbocycles. The fourth-order valence-corrected chi connectivity index (χ4v) is 5.55. The van der Waals surface area contributed by atoms with Gasteiger partial charge in [0.15, 0.2) is 5.78 Å². The van der Waals surface area contributed by atoms with Gasteiger partial charge in [-0.1, -0.05) is 70.5 Å². The van der Waals surface area contributed by atoms with Gasteiger partial charge in [0.2, 0.25) is 11.8 Å². The average molecular weight is 500 g/mol. The minimum atomic E-state index is -0.857. The molecule has 7 heteroatoms. The summed E-state index contributed by atoms with van der Waals surface area (Å²) in [6.07, 6.45) is 1.71. The Hall–Kier alpha value is -3.58. The summed E-state index contributed by atoms with van der Waals surface area (Å²) in [4.78, 5) is 42.4. The number of carbonyl (C=O) groups excluding carboxylic acids is 3. The largest absolute Gasteiger partial charge is 0.292 e. The standard InChI is InChI=1S/C26H18BrN3O3/c27-17-10-12-18(13-11-17)29-25(32)20-21(26(29)33)23(24(31)15-6-2-1-3-7-15)30-22(20)19-9-5-4-8-16(19)14-28-30/h1-14,20-23H/t20-,21+,22-,23-/m0/s1. The number of halogens is 1. The Labute approximate surface area is 198 Å². The molecule has 2 amide bonds. The quantitative estimate of drug-likeness (QED) is 0.399. The highest BCUT2D eigenvalue weighted by Gasteiger charge is 2.65. The van der Waals surface area contributed by atoms with Crippen molar-refractivity contribution in [3.63, 3.8) is 0 Å². The molecule has 3 heterocycles. The molecule has 3 aliphatic heterocycles. The van der Waals surface area contributed by atoms with E-state index >= 15 is 0 Å². The highest BCUT2D eigenvalue weighted by atomic mass is 79.9. The Balaban J connectivity index is 1.50. The normalized spacial score (nSPS) is 25.1. The van der Waals surface area contributed by atoms with Gasteiger partial charge in [-0.05, 0) is 35.4 Å². The molecule has 0 spiro atoms. The summed E-state index contributed by atoms with van der Waals surface area (Å²) < 4.78 is 0.851. The van der Waals surface area contributed by atoms with Crippen LogP contribution in [0.5, 0.6) is 0 Å². The summed E-state index contributed by atoms with van der Waals surface area (Å²) in [5, 5.41) is 6.26. The van der Waals surface area contributed by atoms with Crippen LogP contribution < -0.4 is 4.90 Å². The van der Waals surface area contributed by atoms with E-state index in [9.17, 15) is 14.4 Å². The third-order valence-corrected chi connectivity index (χ3v) is 7.23. The smallest absolute Gasteiger partial charge is 0.240 e. The van der Waals surface area contributed by atoms with Gasteiger partial charge >= 0.3 is 0 Å². The molecule has 0 aliphatic carbocycles. The number of fused-ring (bicyclic) bond motifs is 5. The lowest BCUT2D eigenvalue weighted by atomic mass is 9.83. The third kappa shape index (κ3) is 2.92. The maximum atomic E-state index is 13.8. The first kappa shape index (κ1) is 20.1. The predicted octanol–water partition coefficient (Wildman–Crippen LogP) is 4.21. The van der Waals surface area contributed by atoms with Crippen molar-refractivity contribution in [1.82, 2.24) is 5.01 Å². The van der Waals surface area contributed by atoms with Crippen LogP contribution >= 0.6 is 15.9 Å². The average Bonchev–Trinajstić information content (AvgIpc) is 3.32. The number of hydrogen-bond acceptors (Lipinski definition) is 5. The summed E-state index contributed by atoms with van der Waals surface area (Å²) in [5.41, 5.74) is 2.81. The minimum Gasteiger partial charge on any atom is -0.292 e. The van der Waals surface area contributed by atoms with Crippen molar-refractivity contribution in [3.05, 3.63) is 100 Å². The Morgan fingerprint density at radius 2 is 1.48 bits per heavy atom. The molecular formula is C26H18BrN3O3. The molecule has 0 unspecified atom stereocenters. The second kappa shape index (κ2) is 7.49. The van der Waals surface area contributed by atoms with Crippen molar-refractivity contribution in [2.45, 2.75) is 12.1 Å². The predicted molar refractivity (Wildman–Crippen MR) is 127 cm³/mol. The molecule has 3 aromatic rings. The second-order valence-electron chi connectivity index (χ2n) is 8.41. The van der Waals surface area contributed by atoms with E-state index in [-0.39, 0.29) is 17.6 Å². The molecule has 0 bridgehead atoms. The van der Waals surface area contributed by atoms with Crippen LogP contribution in [0, 0.1) is 11.8 Å². The molecule has 0 aromatic heterocycles. The Kier molecular flexibility index (Phi) is 4.55. The van der Waals surface area contributed by atoms with E-state index in [1.165, 1.54) is 4.90 Å². The summed E-state index contributed by atoms with van der Waals surface area (Å²) >= 11 is 3.40. The fourth-order valence-electron chi connectivity index (χ4n) is 5.29. The topological polar surface area (TPSA) is 70.0 Å². The van der Waals surface area contributed by atoms with Crippen molar-refractivity contribution in [2.24, 2.45) is 16.9 Å². The first-order chi connectivity index (χ1) is 16.1. The highest BCUT2D eigenvalue weighted by Crippen LogP contribution is 2.53. The molecule has 6 rings (SSSR count).